The highest BCUT2D eigenvalue weighted by Gasteiger charge is 2.14. The van der Waals surface area contributed by atoms with E-state index in [9.17, 15) is 0 Å². The second kappa shape index (κ2) is 5.37. The Balaban J connectivity index is 1.76. The predicted molar refractivity (Wildman–Crippen MR) is 80.4 cm³/mol. The maximum absolute atomic E-state index is 5.99. The van der Waals surface area contributed by atoms with Gasteiger partial charge < -0.3 is 0 Å². The van der Waals surface area contributed by atoms with E-state index in [1.165, 1.54) is 5.56 Å². The van der Waals surface area contributed by atoms with Crippen molar-refractivity contribution >= 4 is 23.7 Å². The van der Waals surface area contributed by atoms with Gasteiger partial charge in [-0.05, 0) is 24.1 Å². The SMILES string of the molecule is Clc1cccc(CC2C=NC(c3ccccc3)=N2)c1. The number of hydrogen-bond donors (Lipinski definition) is 0. The Morgan fingerprint density at radius 1 is 1.00 bits per heavy atom. The van der Waals surface area contributed by atoms with Gasteiger partial charge in [0.05, 0.1) is 6.04 Å². The lowest BCUT2D eigenvalue weighted by molar-refractivity contribution is 0.880. The highest BCUT2D eigenvalue weighted by Crippen LogP contribution is 2.16. The molecule has 19 heavy (non-hydrogen) atoms. The van der Waals surface area contributed by atoms with Crippen LogP contribution in [0.25, 0.3) is 0 Å². The molecule has 0 aliphatic carbocycles. The minimum absolute atomic E-state index is 0.105. The highest BCUT2D eigenvalue weighted by molar-refractivity contribution is 6.30. The van der Waals surface area contributed by atoms with Gasteiger partial charge in [-0.15, -0.1) is 0 Å². The van der Waals surface area contributed by atoms with Gasteiger partial charge in [0, 0.05) is 16.8 Å². The van der Waals surface area contributed by atoms with Crippen molar-refractivity contribution in [3.05, 3.63) is 70.7 Å². The number of aliphatic imine (C=N–C) groups is 2. The van der Waals surface area contributed by atoms with Gasteiger partial charge in [-0.1, -0.05) is 54.1 Å². The molecule has 0 spiro atoms. The van der Waals surface area contributed by atoms with Gasteiger partial charge in [0.1, 0.15) is 0 Å². The molecule has 2 nitrogen and oxygen atoms in total. The minimum atomic E-state index is 0.105. The fraction of sp³-hybridized carbons (Fsp3) is 0.125. The quantitative estimate of drug-likeness (QED) is 0.809. The van der Waals surface area contributed by atoms with Crippen LogP contribution in [0, 0.1) is 0 Å². The van der Waals surface area contributed by atoms with Crippen LogP contribution in [-0.2, 0) is 6.42 Å². The van der Waals surface area contributed by atoms with E-state index >= 15 is 0 Å². The molecule has 0 bridgehead atoms. The summed E-state index contributed by atoms with van der Waals surface area (Å²) in [5, 5.41) is 0.764. The number of benzene rings is 2. The molecule has 3 rings (SSSR count). The summed E-state index contributed by atoms with van der Waals surface area (Å²) in [6.45, 7) is 0. The largest absolute Gasteiger partial charge is 0.257 e. The van der Waals surface area contributed by atoms with E-state index < -0.39 is 0 Å². The van der Waals surface area contributed by atoms with Gasteiger partial charge in [0.25, 0.3) is 0 Å². The standard InChI is InChI=1S/C16H13ClN2/c17-14-8-4-5-12(9-14)10-15-11-18-16(19-15)13-6-2-1-3-7-13/h1-9,11,15H,10H2. The van der Waals surface area contributed by atoms with Crippen LogP contribution in [0.1, 0.15) is 11.1 Å². The molecule has 0 radical (unpaired) electrons. The van der Waals surface area contributed by atoms with Crippen LogP contribution in [0.2, 0.25) is 5.02 Å². The molecule has 3 heteroatoms. The van der Waals surface area contributed by atoms with Crippen LogP contribution in [0.5, 0.6) is 0 Å². The number of hydrogen-bond acceptors (Lipinski definition) is 2. The molecule has 1 heterocycles. The highest BCUT2D eigenvalue weighted by atomic mass is 35.5. The average molecular weight is 269 g/mol. The Kier molecular flexibility index (Phi) is 3.43. The molecule has 1 unspecified atom stereocenters. The number of amidine groups is 1. The molecule has 0 fully saturated rings. The summed E-state index contributed by atoms with van der Waals surface area (Å²) in [7, 11) is 0. The summed E-state index contributed by atoms with van der Waals surface area (Å²) >= 11 is 5.99. The van der Waals surface area contributed by atoms with Gasteiger partial charge >= 0.3 is 0 Å². The van der Waals surface area contributed by atoms with Crippen LogP contribution in [0.4, 0.5) is 0 Å². The predicted octanol–water partition coefficient (Wildman–Crippen LogP) is 3.78. The van der Waals surface area contributed by atoms with Crippen molar-refractivity contribution in [1.29, 1.82) is 0 Å². The Morgan fingerprint density at radius 3 is 2.63 bits per heavy atom. The van der Waals surface area contributed by atoms with Crippen molar-refractivity contribution in [2.45, 2.75) is 12.5 Å². The third-order valence-electron chi connectivity index (χ3n) is 3.02. The second-order valence-corrected chi connectivity index (χ2v) is 4.93. The summed E-state index contributed by atoms with van der Waals surface area (Å²) in [5.41, 5.74) is 2.24. The van der Waals surface area contributed by atoms with Crippen molar-refractivity contribution in [1.82, 2.24) is 0 Å². The van der Waals surface area contributed by atoms with E-state index in [2.05, 4.69) is 16.1 Å². The zero-order valence-corrected chi connectivity index (χ0v) is 11.1. The number of nitrogens with zero attached hydrogens (tertiary/aromatic N) is 2. The lowest BCUT2D eigenvalue weighted by Crippen LogP contribution is -2.07. The van der Waals surface area contributed by atoms with Gasteiger partial charge in [0.15, 0.2) is 5.84 Å². The zero-order valence-electron chi connectivity index (χ0n) is 10.3. The van der Waals surface area contributed by atoms with Crippen LogP contribution in [0.3, 0.4) is 0 Å². The first-order valence-corrected chi connectivity index (χ1v) is 6.61. The third kappa shape index (κ3) is 2.91. The molecular weight excluding hydrogens is 256 g/mol. The third-order valence-corrected chi connectivity index (χ3v) is 3.26. The number of halogens is 1. The fourth-order valence-corrected chi connectivity index (χ4v) is 2.33. The summed E-state index contributed by atoms with van der Waals surface area (Å²) in [6.07, 6.45) is 2.74. The van der Waals surface area contributed by atoms with Gasteiger partial charge in [-0.25, -0.2) is 4.99 Å². The maximum atomic E-state index is 5.99. The van der Waals surface area contributed by atoms with Crippen molar-refractivity contribution in [3.63, 3.8) is 0 Å². The summed E-state index contributed by atoms with van der Waals surface area (Å²) in [5.74, 6) is 0.813. The smallest absolute Gasteiger partial charge is 0.154 e. The molecular formula is C16H13ClN2. The first kappa shape index (κ1) is 12.1. The monoisotopic (exact) mass is 268 g/mol. The summed E-state index contributed by atoms with van der Waals surface area (Å²) in [4.78, 5) is 9.03. The molecule has 1 aliphatic rings. The van der Waals surface area contributed by atoms with Crippen LogP contribution >= 0.6 is 11.6 Å². The van der Waals surface area contributed by atoms with E-state index in [4.69, 9.17) is 11.6 Å². The lowest BCUT2D eigenvalue weighted by atomic mass is 10.1. The molecule has 0 N–H and O–H groups in total. The Bertz CT molecular complexity index is 632. The molecule has 0 saturated heterocycles. The topological polar surface area (TPSA) is 24.7 Å². The van der Waals surface area contributed by atoms with Crippen molar-refractivity contribution in [2.24, 2.45) is 9.98 Å². The molecule has 1 atom stereocenters. The Hall–Kier alpha value is -1.93. The molecule has 1 aliphatic heterocycles. The van der Waals surface area contributed by atoms with Crippen molar-refractivity contribution < 1.29 is 0 Å². The maximum Gasteiger partial charge on any atom is 0.154 e. The van der Waals surface area contributed by atoms with E-state index in [1.54, 1.807) is 0 Å². The Morgan fingerprint density at radius 2 is 1.84 bits per heavy atom. The van der Waals surface area contributed by atoms with Crippen molar-refractivity contribution in [3.8, 4) is 0 Å². The lowest BCUT2D eigenvalue weighted by Gasteiger charge is -2.04. The molecule has 0 saturated carbocycles. The molecule has 94 valence electrons. The van der Waals surface area contributed by atoms with E-state index in [0.717, 1.165) is 22.8 Å². The molecule has 0 aromatic heterocycles. The first-order valence-electron chi connectivity index (χ1n) is 6.23. The van der Waals surface area contributed by atoms with Crippen molar-refractivity contribution in [2.75, 3.05) is 0 Å². The normalized spacial score (nSPS) is 17.5. The van der Waals surface area contributed by atoms with E-state index in [1.807, 2.05) is 54.7 Å². The molecule has 2 aromatic rings. The van der Waals surface area contributed by atoms with E-state index in [-0.39, 0.29) is 6.04 Å². The van der Waals surface area contributed by atoms with E-state index in [0.29, 0.717) is 0 Å². The van der Waals surface area contributed by atoms with Gasteiger partial charge in [0.2, 0.25) is 0 Å². The van der Waals surface area contributed by atoms with Crippen LogP contribution in [-0.4, -0.2) is 18.1 Å². The average Bonchev–Trinajstić information content (AvgIpc) is 2.88. The van der Waals surface area contributed by atoms with Crippen LogP contribution < -0.4 is 0 Å². The summed E-state index contributed by atoms with van der Waals surface area (Å²) in [6, 6.07) is 18.0. The molecule has 0 amide bonds. The second-order valence-electron chi connectivity index (χ2n) is 4.50. The van der Waals surface area contributed by atoms with Gasteiger partial charge in [-0.3, -0.25) is 4.99 Å². The minimum Gasteiger partial charge on any atom is -0.257 e. The Labute approximate surface area is 117 Å². The van der Waals surface area contributed by atoms with Crippen LogP contribution in [0.15, 0.2) is 64.6 Å². The zero-order chi connectivity index (χ0) is 13.1. The molecule has 2 aromatic carbocycles. The fourth-order valence-electron chi connectivity index (χ4n) is 2.12. The first-order chi connectivity index (χ1) is 9.31. The van der Waals surface area contributed by atoms with Gasteiger partial charge in [-0.2, -0.15) is 0 Å². The number of rotatable bonds is 3. The summed E-state index contributed by atoms with van der Waals surface area (Å²) < 4.78 is 0.